The molecule has 8 nitrogen and oxygen atoms in total. The second-order valence-electron chi connectivity index (χ2n) is 4.03. The van der Waals surface area contributed by atoms with Gasteiger partial charge in [-0.3, -0.25) is 19.7 Å². The van der Waals surface area contributed by atoms with E-state index >= 15 is 0 Å². The average Bonchev–Trinajstić information content (AvgIpc) is 2.36. The summed E-state index contributed by atoms with van der Waals surface area (Å²) in [5.41, 5.74) is 5.48. The average molecular weight is 271 g/mol. The molecule has 1 heterocycles. The molecule has 0 saturated carbocycles. The molecule has 3 amide bonds. The minimum atomic E-state index is -1.52. The summed E-state index contributed by atoms with van der Waals surface area (Å²) in [5.74, 6) is -2.82. The zero-order valence-electron chi connectivity index (χ0n) is 10.8. The van der Waals surface area contributed by atoms with Crippen molar-refractivity contribution in [1.82, 2.24) is 10.2 Å². The van der Waals surface area contributed by atoms with E-state index in [0.29, 0.717) is 6.42 Å². The number of hydrogen-bond acceptors (Lipinski definition) is 6. The van der Waals surface area contributed by atoms with E-state index in [1.807, 2.05) is 0 Å². The van der Waals surface area contributed by atoms with E-state index in [-0.39, 0.29) is 13.2 Å². The molecule has 1 rings (SSSR count). The number of nitrogens with two attached hydrogens (primary N) is 1. The van der Waals surface area contributed by atoms with Crippen LogP contribution in [-0.4, -0.2) is 53.8 Å². The highest BCUT2D eigenvalue weighted by atomic mass is 16.5. The molecule has 0 radical (unpaired) electrons. The zero-order chi connectivity index (χ0) is 14.6. The van der Waals surface area contributed by atoms with Crippen molar-refractivity contribution in [2.45, 2.75) is 32.4 Å². The van der Waals surface area contributed by atoms with Crippen molar-refractivity contribution in [1.29, 1.82) is 0 Å². The Kier molecular flexibility index (Phi) is 4.99. The van der Waals surface area contributed by atoms with E-state index in [0.717, 1.165) is 4.90 Å². The Bertz CT molecular complexity index is 409. The second kappa shape index (κ2) is 6.28. The van der Waals surface area contributed by atoms with Crippen molar-refractivity contribution in [3.05, 3.63) is 0 Å². The molecule has 3 N–H and O–H groups in total. The number of nitrogens with zero attached hydrogens (tertiary/aromatic N) is 1. The smallest absolute Gasteiger partial charge is 0.332 e. The largest absolute Gasteiger partial charge is 0.464 e. The van der Waals surface area contributed by atoms with Gasteiger partial charge in [0.25, 0.3) is 5.91 Å². The van der Waals surface area contributed by atoms with Gasteiger partial charge in [0.15, 0.2) is 6.04 Å². The fourth-order valence-electron chi connectivity index (χ4n) is 1.82. The van der Waals surface area contributed by atoms with Crippen LogP contribution in [0.5, 0.6) is 0 Å². The summed E-state index contributed by atoms with van der Waals surface area (Å²) in [6.45, 7) is 3.07. The van der Waals surface area contributed by atoms with Gasteiger partial charge < -0.3 is 15.4 Å². The Hall–Kier alpha value is -1.96. The predicted octanol–water partition coefficient (Wildman–Crippen LogP) is -1.86. The predicted molar refractivity (Wildman–Crippen MR) is 63.6 cm³/mol. The Morgan fingerprint density at radius 2 is 2.11 bits per heavy atom. The first kappa shape index (κ1) is 15.1. The van der Waals surface area contributed by atoms with Gasteiger partial charge >= 0.3 is 5.97 Å². The van der Waals surface area contributed by atoms with Crippen LogP contribution in [0.3, 0.4) is 0 Å². The van der Waals surface area contributed by atoms with Crippen LogP contribution >= 0.6 is 0 Å². The van der Waals surface area contributed by atoms with Crippen molar-refractivity contribution in [3.8, 4) is 0 Å². The molecule has 1 fully saturated rings. The molecule has 0 aliphatic carbocycles. The zero-order valence-corrected chi connectivity index (χ0v) is 10.8. The molecule has 1 saturated heterocycles. The summed E-state index contributed by atoms with van der Waals surface area (Å²) >= 11 is 0. The quantitative estimate of drug-likeness (QED) is 0.351. The summed E-state index contributed by atoms with van der Waals surface area (Å²) in [7, 11) is 0. The lowest BCUT2D eigenvalue weighted by Crippen LogP contribution is -2.63. The number of carbonyl (C=O) groups is 4. The monoisotopic (exact) mass is 271 g/mol. The SMILES string of the molecule is CCOC(=O)C(N)C(=O)N1CC(=O)NC(=O)C1CC. The highest BCUT2D eigenvalue weighted by Crippen LogP contribution is 2.11. The minimum absolute atomic E-state index is 0.0937. The third kappa shape index (κ3) is 3.28. The fraction of sp³-hybridized carbons (Fsp3) is 0.636. The lowest BCUT2D eigenvalue weighted by molar-refractivity contribution is -0.157. The highest BCUT2D eigenvalue weighted by Gasteiger charge is 2.39. The number of amides is 3. The van der Waals surface area contributed by atoms with E-state index in [1.54, 1.807) is 13.8 Å². The molecule has 0 spiro atoms. The molecule has 1 aliphatic heterocycles. The summed E-state index contributed by atoms with van der Waals surface area (Å²) < 4.78 is 4.64. The third-order valence-corrected chi connectivity index (χ3v) is 2.73. The normalized spacial score (nSPS) is 20.8. The Morgan fingerprint density at radius 3 is 2.63 bits per heavy atom. The summed E-state index contributed by atoms with van der Waals surface area (Å²) in [6.07, 6.45) is 0.320. The van der Waals surface area contributed by atoms with Gasteiger partial charge in [-0.2, -0.15) is 0 Å². The molecular formula is C11H17N3O5. The van der Waals surface area contributed by atoms with Crippen molar-refractivity contribution < 1.29 is 23.9 Å². The number of carbonyl (C=O) groups excluding carboxylic acids is 4. The molecule has 0 aromatic heterocycles. The van der Waals surface area contributed by atoms with Crippen LogP contribution in [0.4, 0.5) is 0 Å². The molecule has 1 aliphatic rings. The van der Waals surface area contributed by atoms with Crippen molar-refractivity contribution in [2.75, 3.05) is 13.2 Å². The maximum Gasteiger partial charge on any atom is 0.332 e. The third-order valence-electron chi connectivity index (χ3n) is 2.73. The lowest BCUT2D eigenvalue weighted by Gasteiger charge is -2.34. The van der Waals surface area contributed by atoms with E-state index in [4.69, 9.17) is 5.73 Å². The lowest BCUT2D eigenvalue weighted by atomic mass is 10.1. The summed E-state index contributed by atoms with van der Waals surface area (Å²) in [5, 5.41) is 2.13. The molecule has 106 valence electrons. The summed E-state index contributed by atoms with van der Waals surface area (Å²) in [4.78, 5) is 47.3. The van der Waals surface area contributed by atoms with E-state index < -0.39 is 35.8 Å². The number of hydrogen-bond donors (Lipinski definition) is 2. The number of ether oxygens (including phenoxy) is 1. The van der Waals surface area contributed by atoms with Gasteiger partial charge in [-0.25, -0.2) is 4.79 Å². The topological polar surface area (TPSA) is 119 Å². The van der Waals surface area contributed by atoms with E-state index in [9.17, 15) is 19.2 Å². The van der Waals surface area contributed by atoms with Crippen LogP contribution in [-0.2, 0) is 23.9 Å². The second-order valence-corrected chi connectivity index (χ2v) is 4.03. The van der Waals surface area contributed by atoms with Crippen LogP contribution in [0.15, 0.2) is 0 Å². The first-order chi connectivity index (χ1) is 8.92. The first-order valence-electron chi connectivity index (χ1n) is 5.98. The van der Waals surface area contributed by atoms with Crippen LogP contribution in [0, 0.1) is 0 Å². The van der Waals surface area contributed by atoms with E-state index in [2.05, 4.69) is 10.1 Å². The van der Waals surface area contributed by atoms with Crippen LogP contribution in [0.25, 0.3) is 0 Å². The summed E-state index contributed by atoms with van der Waals surface area (Å²) in [6, 6.07) is -2.32. The molecule has 8 heteroatoms. The highest BCUT2D eigenvalue weighted by molar-refractivity contribution is 6.08. The fourth-order valence-corrected chi connectivity index (χ4v) is 1.82. The molecule has 0 aromatic rings. The van der Waals surface area contributed by atoms with Crippen LogP contribution < -0.4 is 11.1 Å². The molecular weight excluding hydrogens is 254 g/mol. The molecule has 2 atom stereocenters. The molecule has 0 aromatic carbocycles. The van der Waals surface area contributed by atoms with Gasteiger partial charge in [0.2, 0.25) is 11.8 Å². The van der Waals surface area contributed by atoms with Gasteiger partial charge in [-0.15, -0.1) is 0 Å². The van der Waals surface area contributed by atoms with Gasteiger partial charge in [0, 0.05) is 0 Å². The van der Waals surface area contributed by atoms with Gasteiger partial charge in [-0.1, -0.05) is 6.92 Å². The van der Waals surface area contributed by atoms with E-state index in [1.165, 1.54) is 0 Å². The molecule has 0 bridgehead atoms. The molecule has 19 heavy (non-hydrogen) atoms. The standard InChI is InChI=1S/C11H17N3O5/c1-3-6-9(16)13-7(15)5-14(6)10(17)8(12)11(18)19-4-2/h6,8H,3-5,12H2,1-2H3,(H,13,15,16). The molecule has 2 unspecified atom stereocenters. The van der Waals surface area contributed by atoms with Crippen LogP contribution in [0.2, 0.25) is 0 Å². The number of esters is 1. The van der Waals surface area contributed by atoms with Gasteiger partial charge in [0.1, 0.15) is 12.6 Å². The Labute approximate surface area is 110 Å². The number of piperazine rings is 1. The van der Waals surface area contributed by atoms with Crippen molar-refractivity contribution >= 4 is 23.7 Å². The minimum Gasteiger partial charge on any atom is -0.464 e. The van der Waals surface area contributed by atoms with Crippen molar-refractivity contribution in [2.24, 2.45) is 5.73 Å². The number of imide groups is 1. The maximum absolute atomic E-state index is 12.0. The van der Waals surface area contributed by atoms with Gasteiger partial charge in [0.05, 0.1) is 6.61 Å². The number of rotatable bonds is 4. The van der Waals surface area contributed by atoms with Crippen molar-refractivity contribution in [3.63, 3.8) is 0 Å². The first-order valence-corrected chi connectivity index (χ1v) is 5.98. The maximum atomic E-state index is 12.0. The Morgan fingerprint density at radius 1 is 1.47 bits per heavy atom. The van der Waals surface area contributed by atoms with Crippen LogP contribution in [0.1, 0.15) is 20.3 Å². The number of nitrogens with one attached hydrogen (secondary N) is 1. The van der Waals surface area contributed by atoms with Gasteiger partial charge in [-0.05, 0) is 13.3 Å². The Balaban J connectivity index is 2.85.